The summed E-state index contributed by atoms with van der Waals surface area (Å²) in [7, 11) is 0. The second-order valence-electron chi connectivity index (χ2n) is 18.1. The average molecular weight is 919 g/mol. The highest BCUT2D eigenvalue weighted by Crippen LogP contribution is 2.15. The molecule has 0 aromatic carbocycles. The standard InChI is InChI=1S/C60H102O6/c1-4-7-10-13-16-19-22-25-28-29-30-31-33-35-38-41-44-47-50-53-59(62)65-56-57(55-64-58(61)52-49-46-43-40-37-34-27-24-21-18-15-12-9-6-3)66-60(63)54-51-48-45-42-39-36-32-26-23-20-17-14-11-8-5-2/h7,10,16-17,19-20,25-26,28,30-32,35,38,57H,4-6,8-9,11-15,18,21-24,27,29,33-34,36-37,39-56H2,1-3H3/b10-7-,19-16-,20-17-,28-25-,31-30-,32-26-,38-35-. The number of rotatable bonds is 49. The quantitative estimate of drug-likeness (QED) is 0.0262. The lowest BCUT2D eigenvalue weighted by Gasteiger charge is -2.18. The van der Waals surface area contributed by atoms with Crippen molar-refractivity contribution < 1.29 is 28.6 Å². The van der Waals surface area contributed by atoms with Crippen LogP contribution in [0.15, 0.2) is 85.1 Å². The van der Waals surface area contributed by atoms with Gasteiger partial charge in [0.15, 0.2) is 6.10 Å². The molecule has 0 rings (SSSR count). The van der Waals surface area contributed by atoms with Gasteiger partial charge in [-0.1, -0.05) is 228 Å². The molecule has 0 N–H and O–H groups in total. The minimum atomic E-state index is -0.796. The highest BCUT2D eigenvalue weighted by Gasteiger charge is 2.19. The van der Waals surface area contributed by atoms with Crippen molar-refractivity contribution in [3.63, 3.8) is 0 Å². The SMILES string of the molecule is CC/C=C\C/C=C\C/C=C\C/C=C\C/C=C\CCCCCC(=O)OCC(COC(=O)CCCCCCCCCCCCCCCC)OC(=O)CCCCCCC/C=C\C/C=C\CCCCC. The Balaban J connectivity index is 4.46. The summed E-state index contributed by atoms with van der Waals surface area (Å²) in [5.41, 5.74) is 0. The third-order valence-corrected chi connectivity index (χ3v) is 11.6. The number of hydrogen-bond donors (Lipinski definition) is 0. The molecule has 0 radical (unpaired) electrons. The molecule has 0 amide bonds. The fourth-order valence-electron chi connectivity index (χ4n) is 7.50. The zero-order valence-corrected chi connectivity index (χ0v) is 43.2. The summed E-state index contributed by atoms with van der Waals surface area (Å²) in [5, 5.41) is 0. The van der Waals surface area contributed by atoms with Crippen LogP contribution in [0.1, 0.15) is 258 Å². The van der Waals surface area contributed by atoms with Gasteiger partial charge in [-0.25, -0.2) is 0 Å². The van der Waals surface area contributed by atoms with E-state index in [2.05, 4.69) is 106 Å². The van der Waals surface area contributed by atoms with E-state index >= 15 is 0 Å². The van der Waals surface area contributed by atoms with Gasteiger partial charge in [0, 0.05) is 19.3 Å². The van der Waals surface area contributed by atoms with Crippen molar-refractivity contribution in [2.75, 3.05) is 13.2 Å². The van der Waals surface area contributed by atoms with E-state index in [-0.39, 0.29) is 31.1 Å². The number of carbonyl (C=O) groups excluding carboxylic acids is 3. The maximum Gasteiger partial charge on any atom is 0.306 e. The highest BCUT2D eigenvalue weighted by molar-refractivity contribution is 5.71. The topological polar surface area (TPSA) is 78.9 Å². The summed E-state index contributed by atoms with van der Waals surface area (Å²) in [4.78, 5) is 38.1. The fraction of sp³-hybridized carbons (Fsp3) is 0.717. The summed E-state index contributed by atoms with van der Waals surface area (Å²) in [6, 6.07) is 0. The van der Waals surface area contributed by atoms with Crippen LogP contribution < -0.4 is 0 Å². The molecule has 0 saturated carbocycles. The molecule has 0 spiro atoms. The van der Waals surface area contributed by atoms with Crippen LogP contribution in [0.25, 0.3) is 0 Å². The summed E-state index contributed by atoms with van der Waals surface area (Å²) in [5.74, 6) is -0.935. The van der Waals surface area contributed by atoms with Crippen LogP contribution in [0.2, 0.25) is 0 Å². The van der Waals surface area contributed by atoms with Gasteiger partial charge in [0.1, 0.15) is 13.2 Å². The van der Waals surface area contributed by atoms with E-state index in [0.717, 1.165) is 122 Å². The van der Waals surface area contributed by atoms with Crippen LogP contribution >= 0.6 is 0 Å². The molecule has 0 saturated heterocycles. The highest BCUT2D eigenvalue weighted by atomic mass is 16.6. The number of allylic oxidation sites excluding steroid dienone is 14. The molecule has 378 valence electrons. The zero-order chi connectivity index (χ0) is 47.9. The average Bonchev–Trinajstić information content (AvgIpc) is 3.31. The van der Waals surface area contributed by atoms with Crippen molar-refractivity contribution in [3.05, 3.63) is 85.1 Å². The molecule has 0 aliphatic rings. The van der Waals surface area contributed by atoms with E-state index in [0.29, 0.717) is 19.3 Å². The van der Waals surface area contributed by atoms with E-state index in [1.165, 1.54) is 96.3 Å². The molecule has 0 aromatic rings. The predicted molar refractivity (Wildman–Crippen MR) is 284 cm³/mol. The molecular formula is C60H102O6. The maximum atomic E-state index is 12.8. The molecule has 6 heteroatoms. The van der Waals surface area contributed by atoms with Crippen molar-refractivity contribution in [2.24, 2.45) is 0 Å². The Morgan fingerprint density at radius 1 is 0.318 bits per heavy atom. The van der Waals surface area contributed by atoms with Crippen LogP contribution in [0.5, 0.6) is 0 Å². The Hall–Kier alpha value is -3.41. The van der Waals surface area contributed by atoms with E-state index in [1.807, 2.05) is 0 Å². The lowest BCUT2D eigenvalue weighted by atomic mass is 10.0. The first kappa shape index (κ1) is 62.6. The van der Waals surface area contributed by atoms with E-state index in [1.54, 1.807) is 0 Å². The monoisotopic (exact) mass is 919 g/mol. The molecule has 1 unspecified atom stereocenters. The normalized spacial score (nSPS) is 12.7. The van der Waals surface area contributed by atoms with E-state index in [4.69, 9.17) is 14.2 Å². The number of ether oxygens (including phenoxy) is 3. The van der Waals surface area contributed by atoms with Crippen LogP contribution in [0, 0.1) is 0 Å². The second-order valence-corrected chi connectivity index (χ2v) is 18.1. The largest absolute Gasteiger partial charge is 0.462 e. The number of carbonyl (C=O) groups is 3. The predicted octanol–water partition coefficient (Wildman–Crippen LogP) is 18.4. The van der Waals surface area contributed by atoms with Crippen molar-refractivity contribution >= 4 is 17.9 Å². The lowest BCUT2D eigenvalue weighted by molar-refractivity contribution is -0.167. The minimum Gasteiger partial charge on any atom is -0.462 e. The smallest absolute Gasteiger partial charge is 0.306 e. The van der Waals surface area contributed by atoms with Gasteiger partial charge in [0.05, 0.1) is 0 Å². The van der Waals surface area contributed by atoms with Gasteiger partial charge in [-0.15, -0.1) is 0 Å². The summed E-state index contributed by atoms with van der Waals surface area (Å²) in [6.45, 7) is 6.47. The molecule has 0 aromatic heterocycles. The molecule has 1 atom stereocenters. The zero-order valence-electron chi connectivity index (χ0n) is 43.2. The first-order chi connectivity index (χ1) is 32.5. The van der Waals surface area contributed by atoms with Crippen LogP contribution in [-0.2, 0) is 28.6 Å². The van der Waals surface area contributed by atoms with Gasteiger partial charge in [-0.2, -0.15) is 0 Å². The third-order valence-electron chi connectivity index (χ3n) is 11.6. The van der Waals surface area contributed by atoms with Crippen molar-refractivity contribution in [2.45, 2.75) is 264 Å². The molecule has 0 aliphatic carbocycles. The Bertz CT molecular complexity index is 1290. The van der Waals surface area contributed by atoms with Crippen LogP contribution in [0.4, 0.5) is 0 Å². The summed E-state index contributed by atoms with van der Waals surface area (Å²) >= 11 is 0. The summed E-state index contributed by atoms with van der Waals surface area (Å²) < 4.78 is 16.8. The van der Waals surface area contributed by atoms with Gasteiger partial charge in [-0.3, -0.25) is 14.4 Å². The Labute approximate surface area is 407 Å². The molecule has 0 aliphatic heterocycles. The van der Waals surface area contributed by atoms with Gasteiger partial charge in [-0.05, 0) is 96.3 Å². The van der Waals surface area contributed by atoms with E-state index < -0.39 is 6.10 Å². The van der Waals surface area contributed by atoms with Gasteiger partial charge in [0.2, 0.25) is 0 Å². The molecule has 0 heterocycles. The number of hydrogen-bond acceptors (Lipinski definition) is 6. The van der Waals surface area contributed by atoms with Crippen molar-refractivity contribution in [1.29, 1.82) is 0 Å². The molecule has 0 fully saturated rings. The Morgan fingerprint density at radius 3 is 0.970 bits per heavy atom. The van der Waals surface area contributed by atoms with E-state index in [9.17, 15) is 14.4 Å². The number of unbranched alkanes of at least 4 members (excludes halogenated alkanes) is 24. The molecular weight excluding hydrogens is 817 g/mol. The first-order valence-corrected chi connectivity index (χ1v) is 27.6. The Kier molecular flexibility index (Phi) is 51.4. The van der Waals surface area contributed by atoms with Gasteiger partial charge in [0.25, 0.3) is 0 Å². The third kappa shape index (κ3) is 51.6. The van der Waals surface area contributed by atoms with Crippen LogP contribution in [0.3, 0.4) is 0 Å². The molecule has 66 heavy (non-hydrogen) atoms. The fourth-order valence-corrected chi connectivity index (χ4v) is 7.50. The maximum absolute atomic E-state index is 12.8. The first-order valence-electron chi connectivity index (χ1n) is 27.6. The minimum absolute atomic E-state index is 0.0914. The Morgan fingerprint density at radius 2 is 0.591 bits per heavy atom. The van der Waals surface area contributed by atoms with Gasteiger partial charge < -0.3 is 14.2 Å². The van der Waals surface area contributed by atoms with Crippen molar-refractivity contribution in [1.82, 2.24) is 0 Å². The number of esters is 3. The van der Waals surface area contributed by atoms with Crippen molar-refractivity contribution in [3.8, 4) is 0 Å². The van der Waals surface area contributed by atoms with Crippen LogP contribution in [-0.4, -0.2) is 37.2 Å². The summed E-state index contributed by atoms with van der Waals surface area (Å²) in [6.07, 6.45) is 69.9. The molecule has 6 nitrogen and oxygen atoms in total. The second kappa shape index (κ2) is 54.2. The molecule has 0 bridgehead atoms. The lowest BCUT2D eigenvalue weighted by Crippen LogP contribution is -2.30. The van der Waals surface area contributed by atoms with Gasteiger partial charge >= 0.3 is 17.9 Å².